The molecule has 0 spiro atoms. The van der Waals surface area contributed by atoms with Crippen molar-refractivity contribution in [3.8, 4) is 112 Å². The number of pyridine rings is 1. The normalized spacial score (nSPS) is 15.0. The van der Waals surface area contributed by atoms with Gasteiger partial charge in [0.2, 0.25) is 0 Å². The zero-order chi connectivity index (χ0) is 56.1. The lowest BCUT2D eigenvalue weighted by Gasteiger charge is -2.47. The number of hydrogen-bond acceptors (Lipinski definition) is 3. The molecule has 82 heavy (non-hydrogen) atoms. The first-order valence-corrected chi connectivity index (χ1v) is 28.7. The average molecular weight is 1060 g/mol. The van der Waals surface area contributed by atoms with Crippen LogP contribution in [-0.4, -0.2) is 24.5 Å². The zero-order valence-corrected chi connectivity index (χ0v) is 47.9. The molecule has 398 valence electrons. The van der Waals surface area contributed by atoms with Gasteiger partial charge >= 0.3 is 0 Å². The minimum atomic E-state index is -0.264. The first-order chi connectivity index (χ1) is 39.7. The molecule has 0 bridgehead atoms. The van der Waals surface area contributed by atoms with Crippen LogP contribution in [0.1, 0.15) is 77.9 Å². The Hall–Kier alpha value is -9.45. The molecule has 5 heterocycles. The lowest BCUT2D eigenvalue weighted by molar-refractivity contribution is 0.276. The van der Waals surface area contributed by atoms with Crippen molar-refractivity contribution in [3.05, 3.63) is 272 Å². The minimum absolute atomic E-state index is 0.171. The van der Waals surface area contributed by atoms with Gasteiger partial charge in [0.05, 0.1) is 40.9 Å². The lowest BCUT2D eigenvalue weighted by atomic mass is 9.59. The van der Waals surface area contributed by atoms with E-state index in [9.17, 15) is 0 Å². The van der Waals surface area contributed by atoms with Crippen LogP contribution in [0.5, 0.6) is 0 Å². The summed E-state index contributed by atoms with van der Waals surface area (Å²) in [6, 6.07) is 83.9. The van der Waals surface area contributed by atoms with Crippen molar-refractivity contribution in [2.75, 3.05) is 0 Å². The van der Waals surface area contributed by atoms with Crippen LogP contribution in [0.2, 0.25) is 0 Å². The van der Waals surface area contributed by atoms with E-state index in [0.29, 0.717) is 0 Å². The number of rotatable bonds is 9. The molecule has 9 aromatic carbocycles. The van der Waals surface area contributed by atoms with Crippen LogP contribution in [0.4, 0.5) is 0 Å². The maximum atomic E-state index is 5.22. The molecule has 12 aromatic rings. The Bertz CT molecular complexity index is 4260. The smallest absolute Gasteiger partial charge is 0.0702 e. The molecule has 5 heteroatoms. The summed E-state index contributed by atoms with van der Waals surface area (Å²) in [5.41, 5.74) is 26.7. The van der Waals surface area contributed by atoms with Gasteiger partial charge in [-0.1, -0.05) is 243 Å². The van der Waals surface area contributed by atoms with Crippen molar-refractivity contribution in [1.29, 1.82) is 0 Å². The quantitative estimate of drug-likeness (QED) is 0.145. The molecule has 5 nitrogen and oxygen atoms in total. The topological polar surface area (TPSA) is 48.5 Å². The summed E-state index contributed by atoms with van der Waals surface area (Å²) < 4.78 is 4.41. The summed E-state index contributed by atoms with van der Waals surface area (Å²) in [6.45, 7) is 19.1. The van der Waals surface area contributed by atoms with Crippen LogP contribution >= 0.6 is 0 Å². The van der Waals surface area contributed by atoms with Gasteiger partial charge < -0.3 is 0 Å². The van der Waals surface area contributed by atoms with Crippen molar-refractivity contribution in [1.82, 2.24) is 24.5 Å². The predicted molar refractivity (Wildman–Crippen MR) is 340 cm³/mol. The van der Waals surface area contributed by atoms with E-state index in [2.05, 4.69) is 308 Å². The van der Waals surface area contributed by atoms with E-state index in [0.717, 1.165) is 95.0 Å². The van der Waals surface area contributed by atoms with E-state index in [1.165, 1.54) is 39.2 Å². The molecular weight excluding hydrogens is 995 g/mol. The van der Waals surface area contributed by atoms with Crippen LogP contribution in [-0.2, 0) is 21.7 Å². The third-order valence-electron chi connectivity index (χ3n) is 19.2. The summed E-state index contributed by atoms with van der Waals surface area (Å²) >= 11 is 0. The predicted octanol–water partition coefficient (Wildman–Crippen LogP) is 19.6. The molecular formula is C77H65N5. The first-order valence-electron chi connectivity index (χ1n) is 28.7. The molecule has 0 saturated heterocycles. The van der Waals surface area contributed by atoms with Crippen LogP contribution in [0.3, 0.4) is 0 Å². The Kier molecular flexibility index (Phi) is 11.8. The summed E-state index contributed by atoms with van der Waals surface area (Å²) in [6.07, 6.45) is 6.24. The van der Waals surface area contributed by atoms with Crippen molar-refractivity contribution < 1.29 is 0 Å². The molecule has 0 saturated carbocycles. The van der Waals surface area contributed by atoms with Crippen molar-refractivity contribution in [2.45, 2.75) is 77.0 Å². The fraction of sp³-hybridized carbons (Fsp3) is 0.156. The SMILES string of the molecule is CC1(C)c2ccccc2-n2ncc(-c3ccccc3-c3cc(-c4ccccc4-c4ccc(-c5cccc(-c6ccc(-c7ccccc7)cc6)c5)nc4)cc(-c4ccccc4-c4cnn5c4C(C)(C)C(C)(C)c4ccccc4-5)c3)c2C1(C)C. The minimum Gasteiger partial charge on any atom is -0.256 e. The fourth-order valence-corrected chi connectivity index (χ4v) is 13.4. The van der Waals surface area contributed by atoms with Gasteiger partial charge in [-0.3, -0.25) is 4.98 Å². The molecule has 2 aliphatic rings. The monoisotopic (exact) mass is 1060 g/mol. The van der Waals surface area contributed by atoms with Gasteiger partial charge in [0, 0.05) is 50.1 Å². The van der Waals surface area contributed by atoms with Gasteiger partial charge in [-0.25, -0.2) is 9.36 Å². The molecule has 0 amide bonds. The summed E-state index contributed by atoms with van der Waals surface area (Å²) in [7, 11) is 0. The fourth-order valence-electron chi connectivity index (χ4n) is 13.4. The second-order valence-corrected chi connectivity index (χ2v) is 24.6. The van der Waals surface area contributed by atoms with E-state index in [1.54, 1.807) is 0 Å². The Morgan fingerprint density at radius 1 is 0.256 bits per heavy atom. The molecule has 0 atom stereocenters. The van der Waals surface area contributed by atoms with Crippen molar-refractivity contribution in [3.63, 3.8) is 0 Å². The van der Waals surface area contributed by atoms with Crippen LogP contribution < -0.4 is 0 Å². The van der Waals surface area contributed by atoms with Gasteiger partial charge in [0.15, 0.2) is 0 Å². The van der Waals surface area contributed by atoms with Crippen LogP contribution in [0.25, 0.3) is 112 Å². The number of fused-ring (bicyclic) bond motifs is 6. The molecule has 14 rings (SSSR count). The maximum absolute atomic E-state index is 5.22. The molecule has 0 aliphatic carbocycles. The van der Waals surface area contributed by atoms with Crippen molar-refractivity contribution >= 4 is 0 Å². The van der Waals surface area contributed by atoms with Crippen molar-refractivity contribution in [2.24, 2.45) is 0 Å². The number of aromatic nitrogens is 5. The van der Waals surface area contributed by atoms with E-state index < -0.39 is 0 Å². The number of hydrogen-bond donors (Lipinski definition) is 0. The Balaban J connectivity index is 0.914. The largest absolute Gasteiger partial charge is 0.256 e. The van der Waals surface area contributed by atoms with Gasteiger partial charge in [-0.05, 0) is 126 Å². The average Bonchev–Trinajstić information content (AvgIpc) is 2.28. The maximum Gasteiger partial charge on any atom is 0.0702 e. The number of benzene rings is 9. The molecule has 3 aromatic heterocycles. The third-order valence-corrected chi connectivity index (χ3v) is 19.2. The molecule has 0 fully saturated rings. The summed E-state index contributed by atoms with van der Waals surface area (Å²) in [4.78, 5) is 5.19. The molecule has 2 aliphatic heterocycles. The van der Waals surface area contributed by atoms with Gasteiger partial charge in [-0.2, -0.15) is 10.2 Å². The highest BCUT2D eigenvalue weighted by molar-refractivity contribution is 5.95. The third kappa shape index (κ3) is 7.92. The van der Waals surface area contributed by atoms with Gasteiger partial charge in [0.25, 0.3) is 0 Å². The van der Waals surface area contributed by atoms with E-state index >= 15 is 0 Å². The Labute approximate surface area is 482 Å². The lowest BCUT2D eigenvalue weighted by Crippen LogP contribution is -2.46. The Morgan fingerprint density at radius 2 is 0.610 bits per heavy atom. The second-order valence-electron chi connectivity index (χ2n) is 24.6. The van der Waals surface area contributed by atoms with E-state index in [4.69, 9.17) is 15.2 Å². The molecule has 0 radical (unpaired) electrons. The molecule has 0 unspecified atom stereocenters. The molecule has 0 N–H and O–H groups in total. The number of para-hydroxylation sites is 2. The Morgan fingerprint density at radius 3 is 1.09 bits per heavy atom. The highest BCUT2D eigenvalue weighted by Gasteiger charge is 2.50. The standard InChI is InChI=1S/C77H65N5/c1-74(2)67-33-18-20-35-70(67)81-72(76(74,5)6)65(48-79-81)63-31-16-14-29-61(63)57-44-56(45-58(46-57)62-30-15-17-32-64(62)66-49-80-82-71-36-21-19-34-68(71)75(3,4)77(7,8)73(66)82)60-28-13-12-27-59(60)55-41-42-69(78-47-55)54-26-22-25-53(43-54)52-39-37-51(38-40-52)50-23-10-9-11-24-50/h9-49H,1-8H3. The second kappa shape index (κ2) is 19.1. The first kappa shape index (κ1) is 50.7. The highest BCUT2D eigenvalue weighted by Crippen LogP contribution is 2.55. The van der Waals surface area contributed by atoms with E-state index in [-0.39, 0.29) is 21.7 Å². The van der Waals surface area contributed by atoms with Gasteiger partial charge in [0.1, 0.15) is 0 Å². The summed E-state index contributed by atoms with van der Waals surface area (Å²) in [5.74, 6) is 0. The van der Waals surface area contributed by atoms with Crippen LogP contribution in [0.15, 0.2) is 249 Å². The van der Waals surface area contributed by atoms with Gasteiger partial charge in [-0.15, -0.1) is 0 Å². The number of nitrogens with zero attached hydrogens (tertiary/aromatic N) is 5. The highest BCUT2D eigenvalue weighted by atomic mass is 15.3. The summed E-state index contributed by atoms with van der Waals surface area (Å²) in [5, 5.41) is 10.4. The van der Waals surface area contributed by atoms with E-state index in [1.807, 2.05) is 6.20 Å². The van der Waals surface area contributed by atoms with Crippen LogP contribution in [0, 0.1) is 0 Å². The zero-order valence-electron chi connectivity index (χ0n) is 47.9.